The van der Waals surface area contributed by atoms with Crippen molar-refractivity contribution in [2.24, 2.45) is 0 Å². The monoisotopic (exact) mass is 389 g/mol. The third kappa shape index (κ3) is 4.13. The van der Waals surface area contributed by atoms with Crippen molar-refractivity contribution >= 4 is 22.7 Å². The van der Waals surface area contributed by atoms with Crippen molar-refractivity contribution in [1.29, 1.82) is 0 Å². The molecule has 0 heterocycles. The van der Waals surface area contributed by atoms with Gasteiger partial charge in [-0.15, -0.1) is 0 Å². The number of allylic oxidation sites excluding steroid dienone is 4. The Morgan fingerprint density at radius 2 is 1.85 bits per heavy atom. The molecule has 1 aromatic carbocycles. The van der Waals surface area contributed by atoms with Crippen LogP contribution in [-0.2, 0) is 26.3 Å². The molecule has 0 radical (unpaired) electrons. The summed E-state index contributed by atoms with van der Waals surface area (Å²) in [6.45, 7) is 4.27. The Bertz CT molecular complexity index is 529. The third-order valence-corrected chi connectivity index (χ3v) is 3.26. The molecular formula is C15H19Cl2NOZr. The van der Waals surface area contributed by atoms with Crippen molar-refractivity contribution in [3.63, 3.8) is 0 Å². The number of phenolic OH excluding ortho intramolecular Hbond substituents is 1. The summed E-state index contributed by atoms with van der Waals surface area (Å²) in [5, 5.41) is 10.0. The van der Waals surface area contributed by atoms with E-state index in [-0.39, 0.29) is 5.41 Å². The summed E-state index contributed by atoms with van der Waals surface area (Å²) in [7, 11) is 13.8. The number of phenols is 1. The van der Waals surface area contributed by atoms with Crippen molar-refractivity contribution in [2.75, 3.05) is 19.0 Å². The number of hydrogen-bond donors (Lipinski definition) is 1. The number of nitrogens with zero attached hydrogens (tertiary/aromatic N) is 1. The van der Waals surface area contributed by atoms with Crippen LogP contribution in [0.1, 0.15) is 19.4 Å². The molecule has 2 rings (SSSR count). The van der Waals surface area contributed by atoms with Crippen molar-refractivity contribution in [3.05, 3.63) is 47.6 Å². The van der Waals surface area contributed by atoms with E-state index in [1.165, 1.54) is 5.57 Å². The molecule has 0 aliphatic heterocycles. The predicted octanol–water partition coefficient (Wildman–Crippen LogP) is 4.61. The molecule has 1 unspecified atom stereocenters. The first-order chi connectivity index (χ1) is 9.35. The SMILES string of the molecule is CC1=CC(C)(c2cccc(O)c2N(C)C)C=C1.[Cl][Zr][Cl]. The molecule has 0 amide bonds. The average Bonchev–Trinajstić information content (AvgIpc) is 2.70. The molecule has 0 fully saturated rings. The first-order valence-corrected chi connectivity index (χ1v) is 12.5. The summed E-state index contributed by atoms with van der Waals surface area (Å²) in [6.07, 6.45) is 6.54. The molecule has 1 atom stereocenters. The number of benzene rings is 1. The molecule has 0 spiro atoms. The second-order valence-electron chi connectivity index (χ2n) is 5.14. The Morgan fingerprint density at radius 3 is 2.30 bits per heavy atom. The van der Waals surface area contributed by atoms with E-state index >= 15 is 0 Å². The maximum atomic E-state index is 10.0. The summed E-state index contributed by atoms with van der Waals surface area (Å²) < 4.78 is 0. The molecule has 5 heteroatoms. The molecule has 1 aliphatic carbocycles. The molecule has 108 valence electrons. The fraction of sp³-hybridized carbons (Fsp3) is 0.333. The number of halogens is 2. The molecule has 2 nitrogen and oxygen atoms in total. The minimum absolute atomic E-state index is 0.123. The van der Waals surface area contributed by atoms with E-state index in [0.29, 0.717) is 5.75 Å². The minimum atomic E-state index is -0.826. The van der Waals surface area contributed by atoms with E-state index in [9.17, 15) is 5.11 Å². The van der Waals surface area contributed by atoms with Crippen molar-refractivity contribution in [3.8, 4) is 5.75 Å². The standard InChI is InChI=1S/C15H19NO.2ClH.Zr/c1-11-8-9-15(2,10-11)12-6-5-7-13(17)14(12)16(3)4;;;/h5-10,17H,1-4H3;2*1H;/q;;;+2/p-2. The van der Waals surface area contributed by atoms with Crippen LogP contribution in [0.5, 0.6) is 5.75 Å². The number of aromatic hydroxyl groups is 1. The van der Waals surface area contributed by atoms with Gasteiger partial charge in [-0.05, 0) is 25.5 Å². The zero-order valence-corrected chi connectivity index (χ0v) is 16.1. The molecule has 1 aliphatic rings. The van der Waals surface area contributed by atoms with Gasteiger partial charge in [0.2, 0.25) is 0 Å². The number of para-hydroxylation sites is 1. The molecule has 0 saturated heterocycles. The Labute approximate surface area is 139 Å². The summed E-state index contributed by atoms with van der Waals surface area (Å²) >= 11 is -0.826. The molecule has 1 N–H and O–H groups in total. The van der Waals surface area contributed by atoms with Crippen LogP contribution < -0.4 is 4.90 Å². The predicted molar refractivity (Wildman–Crippen MR) is 84.4 cm³/mol. The van der Waals surface area contributed by atoms with Gasteiger partial charge in [-0.2, -0.15) is 0 Å². The van der Waals surface area contributed by atoms with E-state index in [4.69, 9.17) is 17.0 Å². The van der Waals surface area contributed by atoms with Crippen LogP contribution in [-0.4, -0.2) is 19.2 Å². The van der Waals surface area contributed by atoms with E-state index < -0.39 is 20.8 Å². The van der Waals surface area contributed by atoms with Crippen LogP contribution in [0, 0.1) is 0 Å². The Balaban J connectivity index is 0.000000612. The average molecular weight is 391 g/mol. The summed E-state index contributed by atoms with van der Waals surface area (Å²) in [5.74, 6) is 0.333. The number of hydrogen-bond acceptors (Lipinski definition) is 2. The quantitative estimate of drug-likeness (QED) is 0.796. The fourth-order valence-electron chi connectivity index (χ4n) is 2.48. The Kier molecular flexibility index (Phi) is 6.84. The first-order valence-electron chi connectivity index (χ1n) is 6.20. The van der Waals surface area contributed by atoms with Crippen LogP contribution >= 0.6 is 17.0 Å². The van der Waals surface area contributed by atoms with Gasteiger partial charge in [-0.25, -0.2) is 0 Å². The van der Waals surface area contributed by atoms with Gasteiger partial charge in [0.25, 0.3) is 0 Å². The van der Waals surface area contributed by atoms with Crippen LogP contribution in [0.15, 0.2) is 42.0 Å². The van der Waals surface area contributed by atoms with E-state index in [0.717, 1.165) is 11.3 Å². The van der Waals surface area contributed by atoms with E-state index in [1.807, 2.05) is 25.1 Å². The van der Waals surface area contributed by atoms with E-state index in [2.05, 4.69) is 38.1 Å². The van der Waals surface area contributed by atoms with Crippen LogP contribution in [0.4, 0.5) is 5.69 Å². The molecule has 0 aromatic heterocycles. The van der Waals surface area contributed by atoms with Crippen molar-refractivity contribution in [2.45, 2.75) is 19.3 Å². The van der Waals surface area contributed by atoms with Gasteiger partial charge in [-0.1, -0.05) is 35.9 Å². The topological polar surface area (TPSA) is 23.5 Å². The molecule has 1 aromatic rings. The van der Waals surface area contributed by atoms with Crippen LogP contribution in [0.2, 0.25) is 0 Å². The second-order valence-corrected chi connectivity index (χ2v) is 8.88. The van der Waals surface area contributed by atoms with Crippen molar-refractivity contribution in [1.82, 2.24) is 0 Å². The van der Waals surface area contributed by atoms with E-state index in [1.54, 1.807) is 6.07 Å². The zero-order valence-electron chi connectivity index (χ0n) is 12.1. The van der Waals surface area contributed by atoms with Gasteiger partial charge in [0, 0.05) is 19.5 Å². The van der Waals surface area contributed by atoms with Gasteiger partial charge in [0.05, 0.1) is 5.69 Å². The number of anilines is 1. The summed E-state index contributed by atoms with van der Waals surface area (Å²) in [5.41, 5.74) is 3.17. The maximum absolute atomic E-state index is 10.0. The van der Waals surface area contributed by atoms with Crippen LogP contribution in [0.3, 0.4) is 0 Å². The zero-order chi connectivity index (χ0) is 15.3. The van der Waals surface area contributed by atoms with Gasteiger partial charge in [-0.3, -0.25) is 0 Å². The second kappa shape index (κ2) is 7.68. The Hall–Kier alpha value is -0.237. The van der Waals surface area contributed by atoms with Gasteiger partial charge in [0.1, 0.15) is 5.75 Å². The normalized spacial score (nSPS) is 20.0. The summed E-state index contributed by atoms with van der Waals surface area (Å²) in [4.78, 5) is 1.96. The third-order valence-electron chi connectivity index (χ3n) is 3.26. The Morgan fingerprint density at radius 1 is 1.25 bits per heavy atom. The van der Waals surface area contributed by atoms with Gasteiger partial charge in [0.15, 0.2) is 0 Å². The number of rotatable bonds is 2. The fourth-order valence-corrected chi connectivity index (χ4v) is 2.48. The van der Waals surface area contributed by atoms with Crippen molar-refractivity contribution < 1.29 is 26.0 Å². The summed E-state index contributed by atoms with van der Waals surface area (Å²) in [6, 6.07) is 5.71. The molecule has 0 saturated carbocycles. The molecular weight excluding hydrogens is 372 g/mol. The van der Waals surface area contributed by atoms with Gasteiger partial charge >= 0.3 is 37.9 Å². The first kappa shape index (κ1) is 17.8. The molecule has 20 heavy (non-hydrogen) atoms. The van der Waals surface area contributed by atoms with Gasteiger partial charge < -0.3 is 10.0 Å². The molecule has 0 bridgehead atoms. The van der Waals surface area contributed by atoms with Crippen LogP contribution in [0.25, 0.3) is 0 Å².